The zero-order valence-corrected chi connectivity index (χ0v) is 20.4. The van der Waals surface area contributed by atoms with Crippen LogP contribution in [0, 0.1) is 6.92 Å². The molecule has 2 aromatic heterocycles. The predicted molar refractivity (Wildman–Crippen MR) is 136 cm³/mol. The molecule has 1 aliphatic heterocycles. The van der Waals surface area contributed by atoms with E-state index in [4.69, 9.17) is 19.9 Å². The van der Waals surface area contributed by atoms with E-state index in [0.717, 1.165) is 44.8 Å². The second-order valence-corrected chi connectivity index (χ2v) is 9.37. The van der Waals surface area contributed by atoms with Gasteiger partial charge in [0, 0.05) is 29.8 Å². The number of para-hydroxylation sites is 1. The Balaban J connectivity index is 1.39. The van der Waals surface area contributed by atoms with Crippen LogP contribution in [-0.2, 0) is 11.3 Å². The average molecular weight is 491 g/mol. The van der Waals surface area contributed by atoms with Crippen molar-refractivity contribution >= 4 is 32.6 Å². The summed E-state index contributed by atoms with van der Waals surface area (Å²) >= 11 is 1.43. The molecule has 3 N–H and O–H groups in total. The number of carbonyl (C=O) groups excluding carboxylic acids is 1. The number of carbonyl (C=O) groups is 1. The van der Waals surface area contributed by atoms with Gasteiger partial charge in [0.25, 0.3) is 5.91 Å². The summed E-state index contributed by atoms with van der Waals surface area (Å²) in [4.78, 5) is 22.1. The molecule has 0 radical (unpaired) electrons. The Morgan fingerprint density at radius 2 is 2.09 bits per heavy atom. The highest BCUT2D eigenvalue weighted by molar-refractivity contribution is 7.22. The number of ether oxygens (including phenoxy) is 3. The number of hydrogen-bond donors (Lipinski definition) is 2. The summed E-state index contributed by atoms with van der Waals surface area (Å²) in [5.74, 6) is 0.743. The number of nitrogens with two attached hydrogens (primary N) is 1. The number of anilines is 1. The number of aromatic nitrogens is 2. The van der Waals surface area contributed by atoms with E-state index in [1.165, 1.54) is 18.4 Å². The minimum Gasteiger partial charge on any atom is -0.488 e. The molecule has 1 atom stereocenters. The van der Waals surface area contributed by atoms with Crippen molar-refractivity contribution in [1.82, 2.24) is 15.3 Å². The van der Waals surface area contributed by atoms with Gasteiger partial charge in [-0.2, -0.15) is 0 Å². The lowest BCUT2D eigenvalue weighted by molar-refractivity contribution is 0.0946. The van der Waals surface area contributed by atoms with Crippen molar-refractivity contribution in [3.63, 3.8) is 0 Å². The first-order valence-electron chi connectivity index (χ1n) is 11.3. The topological polar surface area (TPSA) is 109 Å². The summed E-state index contributed by atoms with van der Waals surface area (Å²) in [5, 5.41) is 3.51. The van der Waals surface area contributed by atoms with E-state index in [9.17, 15) is 4.79 Å². The fourth-order valence-corrected chi connectivity index (χ4v) is 4.90. The first-order chi connectivity index (χ1) is 17.0. The first kappa shape index (κ1) is 23.1. The predicted octanol–water partition coefficient (Wildman–Crippen LogP) is 4.36. The van der Waals surface area contributed by atoms with Gasteiger partial charge in [-0.3, -0.25) is 4.79 Å². The maximum absolute atomic E-state index is 13.2. The number of nitrogens with one attached hydrogen (secondary N) is 1. The number of methoxy groups -OCH3 is 1. The van der Waals surface area contributed by atoms with Crippen LogP contribution < -0.4 is 20.5 Å². The van der Waals surface area contributed by atoms with Gasteiger partial charge in [0.2, 0.25) is 5.88 Å². The minimum absolute atomic E-state index is 0.0297. The smallest absolute Gasteiger partial charge is 0.257 e. The quantitative estimate of drug-likeness (QED) is 0.396. The standard InChI is InChI=1S/C26H26N4O4S/c1-15-19(16-7-8-21-23(11-16)35-26(27)30-21)12-20(25(29-15)32-2)24(31)28-13-17-5-3-4-6-22(17)34-18-9-10-33-14-18/h3-8,11-12,18H,9-10,13-14H2,1-2H3,(H2,27,30)(H,28,31). The molecule has 1 aliphatic rings. The van der Waals surface area contributed by atoms with Crippen LogP contribution in [0.4, 0.5) is 5.13 Å². The maximum Gasteiger partial charge on any atom is 0.257 e. The van der Waals surface area contributed by atoms with Gasteiger partial charge in [-0.1, -0.05) is 35.6 Å². The number of aryl methyl sites for hydroxylation is 1. The van der Waals surface area contributed by atoms with Gasteiger partial charge in [0.05, 0.1) is 30.5 Å². The highest BCUT2D eigenvalue weighted by Crippen LogP contribution is 2.32. The third-order valence-electron chi connectivity index (χ3n) is 5.93. The molecular weight excluding hydrogens is 464 g/mol. The molecule has 0 saturated carbocycles. The molecular formula is C26H26N4O4S. The van der Waals surface area contributed by atoms with Gasteiger partial charge >= 0.3 is 0 Å². The Bertz CT molecular complexity index is 1380. The van der Waals surface area contributed by atoms with E-state index < -0.39 is 0 Å². The Kier molecular flexibility index (Phi) is 6.52. The molecule has 0 aliphatic carbocycles. The van der Waals surface area contributed by atoms with E-state index in [1.54, 1.807) is 0 Å². The largest absolute Gasteiger partial charge is 0.488 e. The molecule has 1 fully saturated rings. The molecule has 3 heterocycles. The maximum atomic E-state index is 13.2. The number of nitrogen functional groups attached to an aromatic ring is 1. The van der Waals surface area contributed by atoms with Crippen molar-refractivity contribution in [2.24, 2.45) is 0 Å². The number of pyridine rings is 1. The fraction of sp³-hybridized carbons (Fsp3) is 0.269. The molecule has 1 saturated heterocycles. The van der Waals surface area contributed by atoms with Crippen molar-refractivity contribution in [3.05, 3.63) is 65.4 Å². The van der Waals surface area contributed by atoms with Crippen LogP contribution in [0.25, 0.3) is 21.3 Å². The molecule has 4 aromatic rings. The lowest BCUT2D eigenvalue weighted by Gasteiger charge is -2.16. The molecule has 1 unspecified atom stereocenters. The van der Waals surface area contributed by atoms with Crippen molar-refractivity contribution in [2.75, 3.05) is 26.1 Å². The van der Waals surface area contributed by atoms with E-state index in [-0.39, 0.29) is 17.9 Å². The van der Waals surface area contributed by atoms with Crippen molar-refractivity contribution in [2.45, 2.75) is 26.0 Å². The molecule has 35 heavy (non-hydrogen) atoms. The summed E-state index contributed by atoms with van der Waals surface area (Å²) in [7, 11) is 1.51. The third-order valence-corrected chi connectivity index (χ3v) is 6.77. The Hall–Kier alpha value is -3.69. The zero-order valence-electron chi connectivity index (χ0n) is 19.5. The Labute approximate surface area is 207 Å². The average Bonchev–Trinajstić information content (AvgIpc) is 3.51. The van der Waals surface area contributed by atoms with Gasteiger partial charge in [-0.15, -0.1) is 0 Å². The second-order valence-electron chi connectivity index (χ2n) is 8.31. The number of thiazole rings is 1. The van der Waals surface area contributed by atoms with Gasteiger partial charge < -0.3 is 25.3 Å². The van der Waals surface area contributed by atoms with Crippen LogP contribution in [0.15, 0.2) is 48.5 Å². The molecule has 5 rings (SSSR count). The SMILES string of the molecule is COc1nc(C)c(-c2ccc3nc(N)sc3c2)cc1C(=O)NCc1ccccc1OC1CCOC1. The van der Waals surface area contributed by atoms with Crippen LogP contribution in [0.5, 0.6) is 11.6 Å². The van der Waals surface area contributed by atoms with Gasteiger partial charge in [-0.05, 0) is 36.8 Å². The van der Waals surface area contributed by atoms with E-state index in [2.05, 4.69) is 15.3 Å². The lowest BCUT2D eigenvalue weighted by Crippen LogP contribution is -2.25. The highest BCUT2D eigenvalue weighted by Gasteiger charge is 2.20. The van der Waals surface area contributed by atoms with Crippen LogP contribution in [0.3, 0.4) is 0 Å². The third kappa shape index (κ3) is 4.91. The number of amides is 1. The van der Waals surface area contributed by atoms with Crippen LogP contribution in [0.2, 0.25) is 0 Å². The number of fused-ring (bicyclic) bond motifs is 1. The number of hydrogen-bond acceptors (Lipinski definition) is 8. The second kappa shape index (κ2) is 9.89. The first-order valence-corrected chi connectivity index (χ1v) is 12.2. The lowest BCUT2D eigenvalue weighted by atomic mass is 10.0. The summed E-state index contributed by atoms with van der Waals surface area (Å²) < 4.78 is 17.9. The molecule has 1 amide bonds. The van der Waals surface area contributed by atoms with E-state index in [0.29, 0.717) is 30.5 Å². The van der Waals surface area contributed by atoms with Crippen LogP contribution >= 0.6 is 11.3 Å². The van der Waals surface area contributed by atoms with Gasteiger partial charge in [0.15, 0.2) is 5.13 Å². The van der Waals surface area contributed by atoms with Crippen LogP contribution in [-0.4, -0.2) is 42.3 Å². The molecule has 8 nitrogen and oxygen atoms in total. The monoisotopic (exact) mass is 490 g/mol. The van der Waals surface area contributed by atoms with Gasteiger partial charge in [-0.25, -0.2) is 9.97 Å². The summed E-state index contributed by atoms with van der Waals surface area (Å²) in [5.41, 5.74) is 10.5. The van der Waals surface area contributed by atoms with E-state index >= 15 is 0 Å². The molecule has 0 spiro atoms. The Morgan fingerprint density at radius 3 is 2.89 bits per heavy atom. The molecule has 180 valence electrons. The number of benzene rings is 2. The summed E-state index contributed by atoms with van der Waals surface area (Å²) in [6.45, 7) is 3.48. The van der Waals surface area contributed by atoms with Crippen molar-refractivity contribution in [3.8, 4) is 22.8 Å². The Morgan fingerprint density at radius 1 is 1.23 bits per heavy atom. The molecule has 0 bridgehead atoms. The number of rotatable bonds is 7. The fourth-order valence-electron chi connectivity index (χ4n) is 4.12. The molecule has 2 aromatic carbocycles. The highest BCUT2D eigenvalue weighted by atomic mass is 32.1. The minimum atomic E-state index is -0.280. The normalized spacial score (nSPS) is 15.3. The molecule has 9 heteroatoms. The van der Waals surface area contributed by atoms with Crippen molar-refractivity contribution in [1.29, 1.82) is 0 Å². The summed E-state index contributed by atoms with van der Waals surface area (Å²) in [6.07, 6.45) is 0.886. The summed E-state index contributed by atoms with van der Waals surface area (Å²) in [6, 6.07) is 15.4. The number of nitrogens with zero attached hydrogens (tertiary/aromatic N) is 2. The van der Waals surface area contributed by atoms with Crippen molar-refractivity contribution < 1.29 is 19.0 Å². The van der Waals surface area contributed by atoms with Gasteiger partial charge in [0.1, 0.15) is 17.4 Å². The van der Waals surface area contributed by atoms with E-state index in [1.807, 2.05) is 55.5 Å². The zero-order chi connectivity index (χ0) is 24.4. The van der Waals surface area contributed by atoms with Crippen LogP contribution in [0.1, 0.15) is 28.0 Å².